The van der Waals surface area contributed by atoms with Gasteiger partial charge in [0.05, 0.1) is 5.56 Å². The molecule has 144 valence electrons. The Bertz CT molecular complexity index is 975. The first-order chi connectivity index (χ1) is 13.5. The van der Waals surface area contributed by atoms with E-state index in [0.717, 1.165) is 34.9 Å². The molecule has 1 N–H and O–H groups in total. The van der Waals surface area contributed by atoms with Gasteiger partial charge in [0.2, 0.25) is 0 Å². The van der Waals surface area contributed by atoms with Crippen LogP contribution in [-0.4, -0.2) is 18.5 Å². The van der Waals surface area contributed by atoms with E-state index in [1.165, 1.54) is 22.3 Å². The summed E-state index contributed by atoms with van der Waals surface area (Å²) < 4.78 is 5.90. The molecule has 1 heterocycles. The van der Waals surface area contributed by atoms with Gasteiger partial charge in [-0.25, -0.2) is 4.79 Å². The van der Waals surface area contributed by atoms with Crippen molar-refractivity contribution in [3.05, 3.63) is 56.4 Å². The molecule has 7 heteroatoms. The van der Waals surface area contributed by atoms with Gasteiger partial charge in [-0.2, -0.15) is 5.26 Å². The molecule has 1 aromatic heterocycles. The molecule has 1 amide bonds. The highest BCUT2D eigenvalue weighted by molar-refractivity contribution is 9.10. The number of carbonyl (C=O) groups is 2. The molecule has 5 nitrogen and oxygen atoms in total. The maximum Gasteiger partial charge on any atom is 0.331 e. The number of carbonyl (C=O) groups excluding carboxylic acids is 2. The van der Waals surface area contributed by atoms with Gasteiger partial charge in [0.15, 0.2) is 6.61 Å². The van der Waals surface area contributed by atoms with E-state index in [4.69, 9.17) is 4.74 Å². The van der Waals surface area contributed by atoms with Crippen molar-refractivity contribution in [1.82, 2.24) is 0 Å². The number of hydrogen-bond acceptors (Lipinski definition) is 5. The number of anilines is 1. The van der Waals surface area contributed by atoms with Gasteiger partial charge in [-0.1, -0.05) is 35.0 Å². The van der Waals surface area contributed by atoms with Crippen molar-refractivity contribution in [1.29, 1.82) is 5.26 Å². The van der Waals surface area contributed by atoms with Gasteiger partial charge >= 0.3 is 5.97 Å². The first-order valence-electron chi connectivity index (χ1n) is 8.91. The molecule has 2 aromatic rings. The molecule has 28 heavy (non-hydrogen) atoms. The van der Waals surface area contributed by atoms with E-state index in [1.54, 1.807) is 6.08 Å². The number of nitriles is 1. The second-order valence-corrected chi connectivity index (χ2v) is 8.73. The third-order valence-corrected chi connectivity index (χ3v) is 6.15. The monoisotopic (exact) mass is 458 g/mol. The van der Waals surface area contributed by atoms with Gasteiger partial charge in [0.25, 0.3) is 5.91 Å². The van der Waals surface area contributed by atoms with Crippen LogP contribution in [0.5, 0.6) is 0 Å². The van der Waals surface area contributed by atoms with Crippen molar-refractivity contribution in [3.63, 3.8) is 0 Å². The number of nitrogens with zero attached hydrogens (tertiary/aromatic N) is 1. The van der Waals surface area contributed by atoms with Crippen LogP contribution in [0.25, 0.3) is 6.08 Å². The highest BCUT2D eigenvalue weighted by Crippen LogP contribution is 2.39. The van der Waals surface area contributed by atoms with Crippen LogP contribution in [-0.2, 0) is 27.2 Å². The Hall–Kier alpha value is -2.43. The van der Waals surface area contributed by atoms with Crippen LogP contribution in [0.1, 0.15) is 34.9 Å². The summed E-state index contributed by atoms with van der Waals surface area (Å²) >= 11 is 4.81. The largest absolute Gasteiger partial charge is 0.452 e. The van der Waals surface area contributed by atoms with Crippen LogP contribution in [0, 0.1) is 17.2 Å². The molecule has 1 unspecified atom stereocenters. The minimum absolute atomic E-state index is 0.397. The molecule has 0 saturated heterocycles. The predicted molar refractivity (Wildman–Crippen MR) is 113 cm³/mol. The lowest BCUT2D eigenvalue weighted by atomic mass is 9.89. The average Bonchev–Trinajstić information content (AvgIpc) is 3.00. The lowest BCUT2D eigenvalue weighted by molar-refractivity contribution is -0.142. The molecule has 0 spiro atoms. The Morgan fingerprint density at radius 3 is 3.04 bits per heavy atom. The van der Waals surface area contributed by atoms with Gasteiger partial charge in [-0.3, -0.25) is 4.79 Å². The normalized spacial score (nSPS) is 15.7. The maximum absolute atomic E-state index is 12.2. The third-order valence-electron chi connectivity index (χ3n) is 4.48. The minimum Gasteiger partial charge on any atom is -0.452 e. The van der Waals surface area contributed by atoms with Gasteiger partial charge < -0.3 is 10.1 Å². The number of benzene rings is 1. The fourth-order valence-corrected chi connectivity index (χ4v) is 4.87. The standard InChI is InChI=1S/C21H19BrN2O3S/c1-13-5-7-16-17(11-23)21(28-18(16)9-13)24-19(25)12-27-20(26)8-6-14-3-2-4-15(22)10-14/h2-4,6,8,10,13H,5,7,9,12H2,1H3,(H,24,25). The number of ether oxygens (including phenoxy) is 1. The van der Waals surface area contributed by atoms with Crippen molar-refractivity contribution in [2.45, 2.75) is 26.2 Å². The summed E-state index contributed by atoms with van der Waals surface area (Å²) in [4.78, 5) is 25.2. The summed E-state index contributed by atoms with van der Waals surface area (Å²) in [5, 5.41) is 12.7. The smallest absolute Gasteiger partial charge is 0.331 e. The second-order valence-electron chi connectivity index (χ2n) is 6.71. The first kappa shape index (κ1) is 20.3. The Morgan fingerprint density at radius 2 is 2.29 bits per heavy atom. The number of nitrogens with one attached hydrogen (secondary N) is 1. The fourth-order valence-electron chi connectivity index (χ4n) is 3.08. The van der Waals surface area contributed by atoms with Crippen molar-refractivity contribution >= 4 is 50.2 Å². The Morgan fingerprint density at radius 1 is 1.46 bits per heavy atom. The second kappa shape index (κ2) is 9.18. The van der Waals surface area contributed by atoms with Gasteiger partial charge in [-0.15, -0.1) is 11.3 Å². The molecule has 0 bridgehead atoms. The van der Waals surface area contributed by atoms with Crippen LogP contribution < -0.4 is 5.32 Å². The Balaban J connectivity index is 1.56. The summed E-state index contributed by atoms with van der Waals surface area (Å²) in [6.45, 7) is 1.79. The molecule has 0 fully saturated rings. The zero-order valence-corrected chi connectivity index (χ0v) is 17.7. The third kappa shape index (κ3) is 5.09. The number of thiophene rings is 1. The van der Waals surface area contributed by atoms with E-state index >= 15 is 0 Å². The molecule has 0 saturated carbocycles. The van der Waals surface area contributed by atoms with E-state index in [-0.39, 0.29) is 0 Å². The molecule has 3 rings (SSSR count). The van der Waals surface area contributed by atoms with Crippen LogP contribution in [0.2, 0.25) is 0 Å². The zero-order chi connectivity index (χ0) is 20.1. The number of rotatable bonds is 5. The molecule has 1 aliphatic carbocycles. The first-order valence-corrected chi connectivity index (χ1v) is 10.5. The van der Waals surface area contributed by atoms with Gasteiger partial charge in [-0.05, 0) is 54.5 Å². The van der Waals surface area contributed by atoms with Crippen LogP contribution >= 0.6 is 27.3 Å². The van der Waals surface area contributed by atoms with E-state index in [2.05, 4.69) is 34.2 Å². The minimum atomic E-state index is -0.602. The molecule has 1 aliphatic rings. The van der Waals surface area contributed by atoms with Crippen LogP contribution in [0.4, 0.5) is 5.00 Å². The molecule has 0 aliphatic heterocycles. The summed E-state index contributed by atoms with van der Waals surface area (Å²) in [6, 6.07) is 9.66. The lowest BCUT2D eigenvalue weighted by Gasteiger charge is -2.17. The molecule has 1 atom stereocenters. The van der Waals surface area contributed by atoms with Crippen molar-refractivity contribution in [2.75, 3.05) is 11.9 Å². The number of amides is 1. The molecular weight excluding hydrogens is 440 g/mol. The summed E-state index contributed by atoms with van der Waals surface area (Å²) in [7, 11) is 0. The van der Waals surface area contributed by atoms with E-state index < -0.39 is 18.5 Å². The number of hydrogen-bond donors (Lipinski definition) is 1. The Kier molecular flexibility index (Phi) is 6.65. The molecule has 1 aromatic carbocycles. The number of esters is 1. The van der Waals surface area contributed by atoms with Crippen molar-refractivity contribution in [3.8, 4) is 6.07 Å². The number of fused-ring (bicyclic) bond motifs is 1. The quantitative estimate of drug-likeness (QED) is 0.519. The molecule has 0 radical (unpaired) electrons. The SMILES string of the molecule is CC1CCc2c(sc(NC(=O)COC(=O)C=Cc3cccc(Br)c3)c2C#N)C1. The summed E-state index contributed by atoms with van der Waals surface area (Å²) in [6.07, 6.45) is 5.74. The Labute approximate surface area is 176 Å². The topological polar surface area (TPSA) is 79.2 Å². The number of halogens is 1. The van der Waals surface area contributed by atoms with Crippen LogP contribution in [0.3, 0.4) is 0 Å². The maximum atomic E-state index is 12.2. The van der Waals surface area contributed by atoms with E-state index in [0.29, 0.717) is 16.5 Å². The summed E-state index contributed by atoms with van der Waals surface area (Å²) in [5.74, 6) is -0.471. The highest BCUT2D eigenvalue weighted by atomic mass is 79.9. The zero-order valence-electron chi connectivity index (χ0n) is 15.3. The predicted octanol–water partition coefficient (Wildman–Crippen LogP) is 4.70. The van der Waals surface area contributed by atoms with Crippen LogP contribution in [0.15, 0.2) is 34.8 Å². The fraction of sp³-hybridized carbons (Fsp3) is 0.286. The highest BCUT2D eigenvalue weighted by Gasteiger charge is 2.24. The van der Waals surface area contributed by atoms with E-state index in [9.17, 15) is 14.9 Å². The molecular formula is C21H19BrN2O3S. The lowest BCUT2D eigenvalue weighted by Crippen LogP contribution is -2.20. The average molecular weight is 459 g/mol. The summed E-state index contributed by atoms with van der Waals surface area (Å²) in [5.41, 5.74) is 2.43. The van der Waals surface area contributed by atoms with Gasteiger partial charge in [0.1, 0.15) is 11.1 Å². The van der Waals surface area contributed by atoms with E-state index in [1.807, 2.05) is 24.3 Å². The van der Waals surface area contributed by atoms with Crippen molar-refractivity contribution < 1.29 is 14.3 Å². The van der Waals surface area contributed by atoms with Crippen molar-refractivity contribution in [2.24, 2.45) is 5.92 Å². The van der Waals surface area contributed by atoms with Gasteiger partial charge in [0, 0.05) is 15.4 Å².